The van der Waals surface area contributed by atoms with Crippen LogP contribution in [0.25, 0.3) is 22.4 Å². The lowest BCUT2D eigenvalue weighted by Gasteiger charge is -2.35. The third-order valence-corrected chi connectivity index (χ3v) is 8.72. The minimum Gasteiger partial charge on any atom is -0.395 e. The van der Waals surface area contributed by atoms with Gasteiger partial charge in [0.2, 0.25) is 0 Å². The normalized spacial score (nSPS) is 15.4. The molecule has 3 aromatic rings. The summed E-state index contributed by atoms with van der Waals surface area (Å²) in [5.41, 5.74) is 4.22. The lowest BCUT2D eigenvalue weighted by atomic mass is 9.87. The molecule has 0 aliphatic carbocycles. The van der Waals surface area contributed by atoms with Crippen LogP contribution in [-0.4, -0.2) is 84.3 Å². The Morgan fingerprint density at radius 1 is 1.13 bits per heavy atom. The van der Waals surface area contributed by atoms with Crippen LogP contribution in [0.15, 0.2) is 36.7 Å². The standard InChI is InChI=1S/C29H43N5O3Si/c1-29(2,3)27(36)24-20-34(21-37-16-17-38(4,5)6)28-26(24)31-25(19-30-28)22-8-7-9-23(18-22)33-12-10-32(11-13-33)14-15-35/h7-9,18-20,35H,10-17,21H2,1-6H3. The van der Waals surface area contributed by atoms with Gasteiger partial charge in [0.1, 0.15) is 12.2 Å². The molecule has 1 aliphatic heterocycles. The lowest BCUT2D eigenvalue weighted by molar-refractivity contribution is 0.0849. The number of aromatic nitrogens is 3. The van der Waals surface area contributed by atoms with Crippen LogP contribution in [-0.2, 0) is 11.5 Å². The summed E-state index contributed by atoms with van der Waals surface area (Å²) < 4.78 is 7.91. The van der Waals surface area contributed by atoms with E-state index in [1.165, 1.54) is 0 Å². The van der Waals surface area contributed by atoms with Crippen LogP contribution in [0.2, 0.25) is 25.7 Å². The Hall–Kier alpha value is -2.59. The Labute approximate surface area is 227 Å². The number of carbonyl (C=O) groups is 1. The smallest absolute Gasteiger partial charge is 0.171 e. The van der Waals surface area contributed by atoms with Crippen molar-refractivity contribution in [3.63, 3.8) is 0 Å². The first kappa shape index (κ1) is 28.4. The van der Waals surface area contributed by atoms with E-state index in [1.807, 2.05) is 37.6 Å². The van der Waals surface area contributed by atoms with Crippen molar-refractivity contribution in [2.24, 2.45) is 5.41 Å². The van der Waals surface area contributed by atoms with Crippen molar-refractivity contribution < 1.29 is 14.6 Å². The van der Waals surface area contributed by atoms with Gasteiger partial charge < -0.3 is 19.3 Å². The molecule has 1 aromatic carbocycles. The van der Waals surface area contributed by atoms with Crippen molar-refractivity contribution in [1.29, 1.82) is 0 Å². The van der Waals surface area contributed by atoms with Crippen LogP contribution in [0.4, 0.5) is 5.69 Å². The maximum atomic E-state index is 13.4. The Morgan fingerprint density at radius 2 is 1.87 bits per heavy atom. The third kappa shape index (κ3) is 6.88. The highest BCUT2D eigenvalue weighted by molar-refractivity contribution is 6.76. The van der Waals surface area contributed by atoms with Gasteiger partial charge in [-0.1, -0.05) is 52.5 Å². The number of rotatable bonds is 10. The van der Waals surface area contributed by atoms with E-state index in [1.54, 1.807) is 6.20 Å². The maximum absolute atomic E-state index is 13.4. The molecule has 0 atom stereocenters. The van der Waals surface area contributed by atoms with Gasteiger partial charge in [-0.05, 0) is 18.2 Å². The van der Waals surface area contributed by atoms with E-state index in [9.17, 15) is 9.90 Å². The van der Waals surface area contributed by atoms with Gasteiger partial charge in [-0.15, -0.1) is 0 Å². The summed E-state index contributed by atoms with van der Waals surface area (Å²) in [6.07, 6.45) is 3.66. The first-order chi connectivity index (χ1) is 18.0. The van der Waals surface area contributed by atoms with Crippen LogP contribution in [0.3, 0.4) is 0 Å². The molecule has 0 bridgehead atoms. The number of aliphatic hydroxyl groups excluding tert-OH is 1. The molecule has 4 rings (SSSR count). The van der Waals surface area contributed by atoms with Gasteiger partial charge in [-0.3, -0.25) is 9.69 Å². The van der Waals surface area contributed by atoms with Crippen LogP contribution in [0.5, 0.6) is 0 Å². The van der Waals surface area contributed by atoms with Gasteiger partial charge >= 0.3 is 0 Å². The van der Waals surface area contributed by atoms with Gasteiger partial charge in [0.15, 0.2) is 11.4 Å². The van der Waals surface area contributed by atoms with Crippen LogP contribution >= 0.6 is 0 Å². The molecule has 1 aliphatic rings. The molecule has 206 valence electrons. The number of fused-ring (bicyclic) bond motifs is 1. The first-order valence-electron chi connectivity index (χ1n) is 13.6. The molecule has 0 unspecified atom stereocenters. The van der Waals surface area contributed by atoms with E-state index in [0.29, 0.717) is 30.1 Å². The number of ketones is 1. The molecule has 9 heteroatoms. The molecule has 38 heavy (non-hydrogen) atoms. The van der Waals surface area contributed by atoms with Crippen molar-refractivity contribution in [2.75, 3.05) is 50.8 Å². The number of carbonyl (C=O) groups excluding carboxylic acids is 1. The number of aliphatic hydroxyl groups is 1. The molecule has 1 saturated heterocycles. The van der Waals surface area contributed by atoms with Gasteiger partial charge in [0.05, 0.1) is 24.1 Å². The Balaban J connectivity index is 1.62. The summed E-state index contributed by atoms with van der Waals surface area (Å²) in [4.78, 5) is 27.8. The Kier molecular flexibility index (Phi) is 8.71. The Morgan fingerprint density at radius 3 is 2.53 bits per heavy atom. The number of anilines is 1. The lowest BCUT2D eigenvalue weighted by Crippen LogP contribution is -2.47. The number of hydrogen-bond donors (Lipinski definition) is 1. The van der Waals surface area contributed by atoms with E-state index < -0.39 is 13.5 Å². The van der Waals surface area contributed by atoms with Crippen LogP contribution in [0, 0.1) is 5.41 Å². The van der Waals surface area contributed by atoms with Crippen molar-refractivity contribution in [3.8, 4) is 11.3 Å². The minimum atomic E-state index is -1.19. The topological polar surface area (TPSA) is 83.7 Å². The Bertz CT molecular complexity index is 1250. The second-order valence-electron chi connectivity index (χ2n) is 12.5. The molecule has 0 radical (unpaired) electrons. The van der Waals surface area contributed by atoms with Gasteiger partial charge in [-0.2, -0.15) is 0 Å². The molecular formula is C29H43N5O3Si. The van der Waals surface area contributed by atoms with E-state index in [4.69, 9.17) is 14.7 Å². The summed E-state index contributed by atoms with van der Waals surface area (Å²) in [6, 6.07) is 9.46. The SMILES string of the molecule is CC(C)(C)C(=O)c1cn(COCC[Si](C)(C)C)c2ncc(-c3cccc(N4CCN(CCO)CC4)c3)nc12. The van der Waals surface area contributed by atoms with Crippen molar-refractivity contribution in [2.45, 2.75) is 53.2 Å². The fourth-order valence-corrected chi connectivity index (χ4v) is 5.39. The highest BCUT2D eigenvalue weighted by atomic mass is 28.3. The average molecular weight is 538 g/mol. The molecule has 1 fully saturated rings. The zero-order valence-electron chi connectivity index (χ0n) is 23.8. The summed E-state index contributed by atoms with van der Waals surface area (Å²) in [5.74, 6) is 0.0456. The quantitative estimate of drug-likeness (QED) is 0.227. The van der Waals surface area contributed by atoms with E-state index in [2.05, 4.69) is 47.6 Å². The van der Waals surface area contributed by atoms with Crippen molar-refractivity contribution in [3.05, 3.63) is 42.2 Å². The molecular weight excluding hydrogens is 494 g/mol. The van der Waals surface area contributed by atoms with Crippen LogP contribution < -0.4 is 4.90 Å². The molecule has 0 spiro atoms. The number of hydrogen-bond acceptors (Lipinski definition) is 7. The number of Topliss-reactive ketones (excluding diaryl/α,β-unsaturated/α-hetero) is 1. The van der Waals surface area contributed by atoms with Gasteiger partial charge in [-0.25, -0.2) is 9.97 Å². The molecule has 1 N–H and O–H groups in total. The molecule has 3 heterocycles. The molecule has 0 saturated carbocycles. The van der Waals surface area contributed by atoms with Gasteiger partial charge in [0.25, 0.3) is 0 Å². The summed E-state index contributed by atoms with van der Waals surface area (Å²) in [6.45, 7) is 18.5. The summed E-state index contributed by atoms with van der Waals surface area (Å²) in [5, 5.41) is 9.23. The monoisotopic (exact) mass is 537 g/mol. The predicted octanol–water partition coefficient (Wildman–Crippen LogP) is 4.75. The fourth-order valence-electron chi connectivity index (χ4n) is 4.63. The van der Waals surface area contributed by atoms with E-state index in [-0.39, 0.29) is 12.4 Å². The minimum absolute atomic E-state index is 0.0456. The number of piperazine rings is 1. The zero-order chi connectivity index (χ0) is 27.5. The van der Waals surface area contributed by atoms with Crippen molar-refractivity contribution >= 4 is 30.7 Å². The molecule has 8 nitrogen and oxygen atoms in total. The molecule has 0 amide bonds. The van der Waals surface area contributed by atoms with Gasteiger partial charge in [0, 0.05) is 70.3 Å². The maximum Gasteiger partial charge on any atom is 0.171 e. The second kappa shape index (κ2) is 11.7. The summed E-state index contributed by atoms with van der Waals surface area (Å²) >= 11 is 0. The number of nitrogens with zero attached hydrogens (tertiary/aromatic N) is 5. The summed E-state index contributed by atoms with van der Waals surface area (Å²) in [7, 11) is -1.19. The van der Waals surface area contributed by atoms with E-state index in [0.717, 1.165) is 55.7 Å². The fraction of sp³-hybridized carbons (Fsp3) is 0.552. The number of benzene rings is 1. The predicted molar refractivity (Wildman–Crippen MR) is 157 cm³/mol. The zero-order valence-corrected chi connectivity index (χ0v) is 24.8. The first-order valence-corrected chi connectivity index (χ1v) is 17.3. The molecule has 2 aromatic heterocycles. The van der Waals surface area contributed by atoms with E-state index >= 15 is 0 Å². The number of β-amino-alcohol motifs (C(OH)–C–C–N with tert-alkyl or cyclic N) is 1. The second-order valence-corrected chi connectivity index (χ2v) is 18.1. The highest BCUT2D eigenvalue weighted by Gasteiger charge is 2.28. The number of ether oxygens (including phenoxy) is 1. The van der Waals surface area contributed by atoms with Crippen molar-refractivity contribution in [1.82, 2.24) is 19.4 Å². The van der Waals surface area contributed by atoms with Crippen LogP contribution in [0.1, 0.15) is 31.1 Å². The third-order valence-electron chi connectivity index (χ3n) is 7.01. The largest absolute Gasteiger partial charge is 0.395 e. The highest BCUT2D eigenvalue weighted by Crippen LogP contribution is 2.30. The average Bonchev–Trinajstić information content (AvgIpc) is 3.23.